The highest BCUT2D eigenvalue weighted by molar-refractivity contribution is 5.38. The number of hydrogen-bond donors (Lipinski definition) is 2. The van der Waals surface area contributed by atoms with Crippen LogP contribution in [0.3, 0.4) is 0 Å². The van der Waals surface area contributed by atoms with Gasteiger partial charge in [0.15, 0.2) is 0 Å². The van der Waals surface area contributed by atoms with Crippen molar-refractivity contribution < 1.29 is 9.84 Å². The van der Waals surface area contributed by atoms with Crippen LogP contribution in [0.5, 0.6) is 5.75 Å². The lowest BCUT2D eigenvalue weighted by Crippen LogP contribution is -2.45. The van der Waals surface area contributed by atoms with Crippen LogP contribution in [0.2, 0.25) is 0 Å². The van der Waals surface area contributed by atoms with E-state index >= 15 is 0 Å². The van der Waals surface area contributed by atoms with E-state index in [1.165, 1.54) is 11.1 Å². The molecule has 0 aromatic heterocycles. The van der Waals surface area contributed by atoms with Crippen molar-refractivity contribution in [1.29, 1.82) is 0 Å². The maximum absolute atomic E-state index is 10.4. The zero-order valence-electron chi connectivity index (χ0n) is 19.0. The van der Waals surface area contributed by atoms with E-state index in [1.807, 2.05) is 6.07 Å². The smallest absolute Gasteiger partial charge is 0.122 e. The molecular weight excluding hydrogens is 372 g/mol. The average molecular weight is 411 g/mol. The molecule has 0 unspecified atom stereocenters. The third kappa shape index (κ3) is 6.83. The molecule has 2 aromatic carbocycles. The molecule has 30 heavy (non-hydrogen) atoms. The predicted molar refractivity (Wildman–Crippen MR) is 124 cm³/mol. The fourth-order valence-electron chi connectivity index (χ4n) is 3.96. The molecule has 1 heterocycles. The van der Waals surface area contributed by atoms with Crippen LogP contribution in [0.25, 0.3) is 0 Å². The molecule has 2 aromatic rings. The summed E-state index contributed by atoms with van der Waals surface area (Å²) >= 11 is 0. The van der Waals surface area contributed by atoms with Gasteiger partial charge in [-0.2, -0.15) is 0 Å². The summed E-state index contributed by atoms with van der Waals surface area (Å²) in [6.45, 7) is 12.8. The number of aliphatic hydroxyl groups excluding tert-OH is 1. The van der Waals surface area contributed by atoms with Crippen molar-refractivity contribution in [3.63, 3.8) is 0 Å². The first-order chi connectivity index (χ1) is 14.3. The molecule has 0 aliphatic carbocycles. The number of likely N-dealkylation sites (tertiary alicyclic amines) is 1. The Hall–Kier alpha value is -1.88. The molecule has 2 N–H and O–H groups in total. The topological polar surface area (TPSA) is 44.7 Å². The Kier molecular flexibility index (Phi) is 7.93. The van der Waals surface area contributed by atoms with Gasteiger partial charge in [0, 0.05) is 19.1 Å². The maximum atomic E-state index is 10.4. The quantitative estimate of drug-likeness (QED) is 0.682. The van der Waals surface area contributed by atoms with E-state index in [0.717, 1.165) is 43.8 Å². The number of aryl methyl sites for hydroxylation is 1. The second-order valence-electron chi connectivity index (χ2n) is 9.64. The molecule has 164 valence electrons. The standard InChI is InChI=1S/C26H38N2O2/c1-20-16-22(26(2,3)4)10-11-25(20)30-19-24(29)17-27-23-12-14-28(15-13-23)18-21-8-6-5-7-9-21/h5-11,16,23-24,27,29H,12-15,17-19H2,1-4H3/t24-/m1/s1. The van der Waals surface area contributed by atoms with Crippen molar-refractivity contribution in [2.45, 2.75) is 64.6 Å². The van der Waals surface area contributed by atoms with Gasteiger partial charge in [-0.25, -0.2) is 0 Å². The van der Waals surface area contributed by atoms with Crippen LogP contribution in [-0.4, -0.2) is 48.4 Å². The zero-order chi connectivity index (χ0) is 21.6. The summed E-state index contributed by atoms with van der Waals surface area (Å²) < 4.78 is 5.89. The number of nitrogens with one attached hydrogen (secondary N) is 1. The summed E-state index contributed by atoms with van der Waals surface area (Å²) in [4.78, 5) is 2.51. The first-order valence-corrected chi connectivity index (χ1v) is 11.2. The molecule has 1 saturated heterocycles. The average Bonchev–Trinajstić information content (AvgIpc) is 2.72. The van der Waals surface area contributed by atoms with Gasteiger partial charge in [-0.15, -0.1) is 0 Å². The van der Waals surface area contributed by atoms with Gasteiger partial charge < -0.3 is 15.2 Å². The van der Waals surface area contributed by atoms with E-state index in [1.54, 1.807) is 0 Å². The number of piperidine rings is 1. The summed E-state index contributed by atoms with van der Waals surface area (Å²) in [6, 6.07) is 17.5. The summed E-state index contributed by atoms with van der Waals surface area (Å²) in [7, 11) is 0. The van der Waals surface area contributed by atoms with Crippen LogP contribution in [0, 0.1) is 6.92 Å². The van der Waals surface area contributed by atoms with E-state index in [0.29, 0.717) is 19.2 Å². The lowest BCUT2D eigenvalue weighted by molar-refractivity contribution is 0.0976. The zero-order valence-corrected chi connectivity index (χ0v) is 19.0. The summed E-state index contributed by atoms with van der Waals surface area (Å²) in [6.07, 6.45) is 1.73. The molecule has 0 radical (unpaired) electrons. The fraction of sp³-hybridized carbons (Fsp3) is 0.538. The van der Waals surface area contributed by atoms with Crippen molar-refractivity contribution in [3.05, 3.63) is 65.2 Å². The first-order valence-electron chi connectivity index (χ1n) is 11.2. The Bertz CT molecular complexity index is 777. The fourth-order valence-corrected chi connectivity index (χ4v) is 3.96. The molecule has 4 heteroatoms. The SMILES string of the molecule is Cc1cc(C(C)(C)C)ccc1OC[C@H](O)CNC1CCN(Cc2ccccc2)CC1. The van der Waals surface area contributed by atoms with Gasteiger partial charge >= 0.3 is 0 Å². The van der Waals surface area contributed by atoms with Gasteiger partial charge in [0.2, 0.25) is 0 Å². The molecule has 1 fully saturated rings. The van der Waals surface area contributed by atoms with Gasteiger partial charge in [0.1, 0.15) is 18.5 Å². The molecule has 0 saturated carbocycles. The summed E-state index contributed by atoms with van der Waals surface area (Å²) in [5.74, 6) is 0.858. The second-order valence-corrected chi connectivity index (χ2v) is 9.64. The monoisotopic (exact) mass is 410 g/mol. The van der Waals surface area contributed by atoms with Crippen LogP contribution in [0.15, 0.2) is 48.5 Å². The molecule has 1 aliphatic heterocycles. The number of benzene rings is 2. The Balaban J connectivity index is 1.36. The van der Waals surface area contributed by atoms with Crippen molar-refractivity contribution in [3.8, 4) is 5.75 Å². The van der Waals surface area contributed by atoms with Crippen LogP contribution < -0.4 is 10.1 Å². The number of nitrogens with zero attached hydrogens (tertiary/aromatic N) is 1. The molecule has 1 aliphatic rings. The molecule has 0 spiro atoms. The molecule has 1 atom stereocenters. The van der Waals surface area contributed by atoms with Gasteiger partial charge in [-0.05, 0) is 61.0 Å². The summed E-state index contributed by atoms with van der Waals surface area (Å²) in [5.41, 5.74) is 3.92. The number of rotatable bonds is 8. The maximum Gasteiger partial charge on any atom is 0.122 e. The van der Waals surface area contributed by atoms with E-state index in [2.05, 4.69) is 80.4 Å². The van der Waals surface area contributed by atoms with Crippen LogP contribution in [0.4, 0.5) is 0 Å². The van der Waals surface area contributed by atoms with E-state index in [9.17, 15) is 5.11 Å². The third-order valence-corrected chi connectivity index (χ3v) is 5.95. The highest BCUT2D eigenvalue weighted by Crippen LogP contribution is 2.27. The van der Waals surface area contributed by atoms with Crippen molar-refractivity contribution >= 4 is 0 Å². The van der Waals surface area contributed by atoms with Crippen molar-refractivity contribution in [1.82, 2.24) is 10.2 Å². The minimum absolute atomic E-state index is 0.128. The lowest BCUT2D eigenvalue weighted by Gasteiger charge is -2.33. The number of hydrogen-bond acceptors (Lipinski definition) is 4. The Morgan fingerprint density at radius 3 is 2.43 bits per heavy atom. The molecule has 3 rings (SSSR count). The highest BCUT2D eigenvalue weighted by atomic mass is 16.5. The van der Waals surface area contributed by atoms with Gasteiger partial charge in [-0.1, -0.05) is 63.2 Å². The van der Waals surface area contributed by atoms with Crippen LogP contribution in [-0.2, 0) is 12.0 Å². The molecule has 0 amide bonds. The Morgan fingerprint density at radius 1 is 1.10 bits per heavy atom. The van der Waals surface area contributed by atoms with Gasteiger partial charge in [-0.3, -0.25) is 4.90 Å². The highest BCUT2D eigenvalue weighted by Gasteiger charge is 2.20. The van der Waals surface area contributed by atoms with Crippen molar-refractivity contribution in [2.24, 2.45) is 0 Å². The number of ether oxygens (including phenoxy) is 1. The van der Waals surface area contributed by atoms with Crippen LogP contribution >= 0.6 is 0 Å². The number of aliphatic hydroxyl groups is 1. The Labute approximate surface area is 182 Å². The van der Waals surface area contributed by atoms with E-state index in [4.69, 9.17) is 4.74 Å². The van der Waals surface area contributed by atoms with Gasteiger partial charge in [0.25, 0.3) is 0 Å². The minimum atomic E-state index is -0.506. The van der Waals surface area contributed by atoms with Crippen molar-refractivity contribution in [2.75, 3.05) is 26.2 Å². The van der Waals surface area contributed by atoms with E-state index < -0.39 is 6.10 Å². The summed E-state index contributed by atoms with van der Waals surface area (Å²) in [5, 5.41) is 13.9. The van der Waals surface area contributed by atoms with E-state index in [-0.39, 0.29) is 5.41 Å². The lowest BCUT2D eigenvalue weighted by atomic mass is 9.86. The first kappa shape index (κ1) is 22.8. The van der Waals surface area contributed by atoms with Gasteiger partial charge in [0.05, 0.1) is 0 Å². The normalized spacial score (nSPS) is 17.1. The predicted octanol–water partition coefficient (Wildman–Crippen LogP) is 4.29. The molecule has 4 nitrogen and oxygen atoms in total. The Morgan fingerprint density at radius 2 is 1.80 bits per heavy atom. The minimum Gasteiger partial charge on any atom is -0.491 e. The molecule has 0 bridgehead atoms. The second kappa shape index (κ2) is 10.4. The van der Waals surface area contributed by atoms with Crippen LogP contribution in [0.1, 0.15) is 50.3 Å². The third-order valence-electron chi connectivity index (χ3n) is 5.95. The largest absolute Gasteiger partial charge is 0.491 e. The molecular formula is C26H38N2O2.